The Labute approximate surface area is 176 Å². The number of carbonyl (C=O) groups excluding carboxylic acids is 3. The van der Waals surface area contributed by atoms with Crippen LogP contribution in [0.2, 0.25) is 0 Å². The number of nitrogens with zero attached hydrogens (tertiary/aromatic N) is 2. The summed E-state index contributed by atoms with van der Waals surface area (Å²) in [6.07, 6.45) is 3.33. The maximum Gasteiger partial charge on any atom is 0.298 e. The number of thiazole rings is 1. The van der Waals surface area contributed by atoms with Crippen molar-refractivity contribution in [1.29, 1.82) is 0 Å². The third-order valence-electron chi connectivity index (χ3n) is 5.16. The van der Waals surface area contributed by atoms with Crippen LogP contribution in [-0.4, -0.2) is 27.0 Å². The molecule has 0 saturated carbocycles. The van der Waals surface area contributed by atoms with Gasteiger partial charge in [-0.05, 0) is 43.2 Å². The van der Waals surface area contributed by atoms with E-state index in [0.29, 0.717) is 22.1 Å². The van der Waals surface area contributed by atoms with Gasteiger partial charge in [-0.15, -0.1) is 11.3 Å². The Morgan fingerprint density at radius 3 is 2.73 bits per heavy atom. The zero-order valence-corrected chi connectivity index (χ0v) is 17.5. The van der Waals surface area contributed by atoms with E-state index in [1.54, 1.807) is 43.3 Å². The molecule has 0 aliphatic heterocycles. The number of anilines is 1. The first kappa shape index (κ1) is 19.8. The molecule has 0 unspecified atom stereocenters. The first-order valence-corrected chi connectivity index (χ1v) is 10.1. The number of rotatable bonds is 6. The summed E-state index contributed by atoms with van der Waals surface area (Å²) in [6.45, 7) is 3.43. The summed E-state index contributed by atoms with van der Waals surface area (Å²) in [5, 5.41) is 5.49. The quantitative estimate of drug-likeness (QED) is 0.374. The van der Waals surface area contributed by atoms with E-state index in [-0.39, 0.29) is 17.8 Å². The number of nitrogens with one attached hydrogen (secondary N) is 1. The number of amides is 1. The Kier molecular flexibility index (Phi) is 5.09. The number of ketones is 2. The SMILES string of the molecule is Cc1c(C(=O)C(=O)Nc2nccs2)c(C)n(C)c1C(=O)Cc1ccc2occc2c1. The van der Waals surface area contributed by atoms with Crippen LogP contribution in [0, 0.1) is 13.8 Å². The molecule has 0 bridgehead atoms. The lowest BCUT2D eigenvalue weighted by molar-refractivity contribution is -0.112. The standard InChI is InChI=1S/C22H19N3O4S/c1-12-18(20(27)21(28)24-22-23-7-9-30-22)13(2)25(3)19(12)16(26)11-14-4-5-17-15(10-14)6-8-29-17/h4-10H,11H2,1-3H3,(H,23,24,28). The van der Waals surface area contributed by atoms with Crippen molar-refractivity contribution in [2.45, 2.75) is 20.3 Å². The Hall–Kier alpha value is -3.52. The molecular formula is C22H19N3O4S. The maximum absolute atomic E-state index is 13.1. The molecule has 1 N–H and O–H groups in total. The first-order chi connectivity index (χ1) is 14.4. The Morgan fingerprint density at radius 2 is 2.00 bits per heavy atom. The maximum atomic E-state index is 13.1. The molecule has 7 nitrogen and oxygen atoms in total. The Balaban J connectivity index is 1.61. The predicted molar refractivity (Wildman–Crippen MR) is 114 cm³/mol. The molecule has 0 atom stereocenters. The summed E-state index contributed by atoms with van der Waals surface area (Å²) >= 11 is 1.23. The zero-order valence-electron chi connectivity index (χ0n) is 16.7. The minimum Gasteiger partial charge on any atom is -0.464 e. The summed E-state index contributed by atoms with van der Waals surface area (Å²) in [6, 6.07) is 7.44. The fraction of sp³-hybridized carbons (Fsp3) is 0.182. The molecule has 3 aromatic heterocycles. The minimum atomic E-state index is -0.772. The van der Waals surface area contributed by atoms with Crippen molar-refractivity contribution in [3.8, 4) is 0 Å². The van der Waals surface area contributed by atoms with Crippen LogP contribution in [-0.2, 0) is 18.3 Å². The van der Waals surface area contributed by atoms with Crippen molar-refractivity contribution in [3.63, 3.8) is 0 Å². The molecule has 1 aromatic carbocycles. The Bertz CT molecular complexity index is 1280. The van der Waals surface area contributed by atoms with Gasteiger partial charge in [0.25, 0.3) is 11.7 Å². The van der Waals surface area contributed by atoms with Gasteiger partial charge in [-0.1, -0.05) is 6.07 Å². The molecule has 30 heavy (non-hydrogen) atoms. The van der Waals surface area contributed by atoms with Crippen LogP contribution < -0.4 is 5.32 Å². The molecule has 4 rings (SSSR count). The van der Waals surface area contributed by atoms with Crippen LogP contribution in [0.25, 0.3) is 11.0 Å². The average molecular weight is 421 g/mol. The lowest BCUT2D eigenvalue weighted by Gasteiger charge is -2.06. The molecule has 0 radical (unpaired) electrons. The number of benzene rings is 1. The first-order valence-electron chi connectivity index (χ1n) is 9.27. The molecule has 152 valence electrons. The van der Waals surface area contributed by atoms with Crippen LogP contribution >= 0.6 is 11.3 Å². The van der Waals surface area contributed by atoms with Crippen molar-refractivity contribution in [2.24, 2.45) is 7.05 Å². The molecule has 0 spiro atoms. The van der Waals surface area contributed by atoms with Crippen LogP contribution in [0.15, 0.2) is 46.5 Å². The highest BCUT2D eigenvalue weighted by Crippen LogP contribution is 2.25. The van der Waals surface area contributed by atoms with Gasteiger partial charge in [-0.2, -0.15) is 0 Å². The van der Waals surface area contributed by atoms with E-state index in [1.165, 1.54) is 11.3 Å². The second-order valence-corrected chi connectivity index (χ2v) is 7.90. The van der Waals surface area contributed by atoms with Crippen LogP contribution in [0.5, 0.6) is 0 Å². The number of hydrogen-bond donors (Lipinski definition) is 1. The highest BCUT2D eigenvalue weighted by Gasteiger charge is 2.28. The third-order valence-corrected chi connectivity index (χ3v) is 5.85. The summed E-state index contributed by atoms with van der Waals surface area (Å²) in [5.74, 6) is -1.58. The smallest absolute Gasteiger partial charge is 0.298 e. The van der Waals surface area contributed by atoms with Crippen molar-refractivity contribution >= 4 is 44.9 Å². The topological polar surface area (TPSA) is 94.2 Å². The predicted octanol–water partition coefficient (Wildman–Crippen LogP) is 4.09. The van der Waals surface area contributed by atoms with Gasteiger partial charge >= 0.3 is 0 Å². The molecule has 0 aliphatic carbocycles. The lowest BCUT2D eigenvalue weighted by Crippen LogP contribution is -2.23. The number of furan rings is 1. The number of carbonyl (C=O) groups is 3. The van der Waals surface area contributed by atoms with Crippen molar-refractivity contribution in [2.75, 3.05) is 5.32 Å². The molecule has 0 fully saturated rings. The lowest BCUT2D eigenvalue weighted by atomic mass is 10.0. The second-order valence-electron chi connectivity index (χ2n) is 7.01. The number of aromatic nitrogens is 2. The van der Waals surface area contributed by atoms with Crippen LogP contribution in [0.1, 0.15) is 37.7 Å². The Morgan fingerprint density at radius 1 is 1.20 bits per heavy atom. The summed E-state index contributed by atoms with van der Waals surface area (Å²) in [4.78, 5) is 42.2. The van der Waals surface area contributed by atoms with E-state index in [2.05, 4.69) is 10.3 Å². The van der Waals surface area contributed by atoms with E-state index < -0.39 is 11.7 Å². The fourth-order valence-corrected chi connectivity index (χ4v) is 4.18. The summed E-state index contributed by atoms with van der Waals surface area (Å²) in [7, 11) is 1.73. The molecule has 3 heterocycles. The largest absolute Gasteiger partial charge is 0.464 e. The fourth-order valence-electron chi connectivity index (χ4n) is 3.66. The molecular weight excluding hydrogens is 402 g/mol. The molecule has 0 saturated heterocycles. The van der Waals surface area contributed by atoms with E-state index in [4.69, 9.17) is 4.42 Å². The van der Waals surface area contributed by atoms with Crippen molar-refractivity contribution in [1.82, 2.24) is 9.55 Å². The van der Waals surface area contributed by atoms with Crippen molar-refractivity contribution in [3.05, 3.63) is 70.2 Å². The molecule has 0 aliphatic rings. The van der Waals surface area contributed by atoms with Crippen LogP contribution in [0.4, 0.5) is 5.13 Å². The second kappa shape index (κ2) is 7.72. The number of hydrogen-bond acceptors (Lipinski definition) is 6. The monoisotopic (exact) mass is 421 g/mol. The molecule has 1 amide bonds. The van der Waals surface area contributed by atoms with E-state index in [1.807, 2.05) is 24.3 Å². The zero-order chi connectivity index (χ0) is 21.4. The number of fused-ring (bicyclic) bond motifs is 1. The average Bonchev–Trinajstić information content (AvgIpc) is 3.42. The van der Waals surface area contributed by atoms with Gasteiger partial charge in [0.1, 0.15) is 5.58 Å². The van der Waals surface area contributed by atoms with Gasteiger partial charge in [-0.3, -0.25) is 19.7 Å². The third kappa shape index (κ3) is 3.46. The normalized spacial score (nSPS) is 11.0. The highest BCUT2D eigenvalue weighted by molar-refractivity contribution is 7.13. The van der Waals surface area contributed by atoms with Gasteiger partial charge in [0.05, 0.1) is 17.5 Å². The number of Topliss-reactive ketones (excluding diaryl/α,β-unsaturated/α-hetero) is 2. The summed E-state index contributed by atoms with van der Waals surface area (Å²) in [5.41, 5.74) is 3.35. The van der Waals surface area contributed by atoms with Gasteiger partial charge in [0, 0.05) is 36.1 Å². The summed E-state index contributed by atoms with van der Waals surface area (Å²) < 4.78 is 7.02. The molecule has 4 aromatic rings. The van der Waals surface area contributed by atoms with Crippen LogP contribution in [0.3, 0.4) is 0 Å². The van der Waals surface area contributed by atoms with Crippen molar-refractivity contribution < 1.29 is 18.8 Å². The van der Waals surface area contributed by atoms with E-state index in [0.717, 1.165) is 16.5 Å². The van der Waals surface area contributed by atoms with Gasteiger partial charge in [-0.25, -0.2) is 4.98 Å². The van der Waals surface area contributed by atoms with Gasteiger partial charge in [0.2, 0.25) is 0 Å². The van der Waals surface area contributed by atoms with Gasteiger partial charge in [0.15, 0.2) is 10.9 Å². The molecule has 8 heteroatoms. The minimum absolute atomic E-state index is 0.125. The highest BCUT2D eigenvalue weighted by atomic mass is 32.1. The van der Waals surface area contributed by atoms with Gasteiger partial charge < -0.3 is 8.98 Å². The van der Waals surface area contributed by atoms with E-state index >= 15 is 0 Å². The van der Waals surface area contributed by atoms with E-state index in [9.17, 15) is 14.4 Å².